The van der Waals surface area contributed by atoms with Crippen LogP contribution in [-0.4, -0.2) is 47.7 Å². The summed E-state index contributed by atoms with van der Waals surface area (Å²) in [5.41, 5.74) is 2.84. The van der Waals surface area contributed by atoms with Crippen molar-refractivity contribution in [2.24, 2.45) is 5.92 Å². The van der Waals surface area contributed by atoms with Crippen molar-refractivity contribution in [1.82, 2.24) is 20.3 Å². The van der Waals surface area contributed by atoms with Crippen molar-refractivity contribution >= 4 is 32.7 Å². The van der Waals surface area contributed by atoms with Gasteiger partial charge >= 0.3 is 0 Å². The first-order valence-corrected chi connectivity index (χ1v) is 12.2. The predicted octanol–water partition coefficient (Wildman–Crippen LogP) is 2.82. The third-order valence-corrected chi connectivity index (χ3v) is 7.55. The molecule has 0 saturated carbocycles. The molecule has 1 aliphatic heterocycles. The van der Waals surface area contributed by atoms with Gasteiger partial charge in [0.2, 0.25) is 10.0 Å². The number of sulfonamides is 1. The Kier molecular flexibility index (Phi) is 5.95. The van der Waals surface area contributed by atoms with Crippen molar-refractivity contribution in [1.29, 1.82) is 0 Å². The molecule has 0 unspecified atom stereocenters. The first kappa shape index (κ1) is 21.3. The number of amides is 1. The molecule has 3 aromatic rings. The van der Waals surface area contributed by atoms with Crippen LogP contribution in [0.15, 0.2) is 48.5 Å². The molecule has 31 heavy (non-hydrogen) atoms. The van der Waals surface area contributed by atoms with Crippen molar-refractivity contribution in [3.05, 3.63) is 54.1 Å². The molecule has 1 amide bonds. The van der Waals surface area contributed by atoms with E-state index in [2.05, 4.69) is 15.6 Å². The van der Waals surface area contributed by atoms with Crippen LogP contribution in [-0.2, 0) is 16.6 Å². The monoisotopic (exact) mass is 441 g/mol. The Balaban J connectivity index is 1.48. The van der Waals surface area contributed by atoms with Gasteiger partial charge in [0.15, 0.2) is 0 Å². The third-order valence-electron chi connectivity index (χ3n) is 5.68. The maximum Gasteiger partial charge on any atom is 0.251 e. The summed E-state index contributed by atoms with van der Waals surface area (Å²) < 4.78 is 27.8. The first-order chi connectivity index (χ1) is 14.8. The Morgan fingerprint density at radius 2 is 1.84 bits per heavy atom. The molecule has 2 heterocycles. The number of hydrogen-bond acceptors (Lipinski definition) is 5. The molecular weight excluding hydrogens is 414 g/mol. The van der Waals surface area contributed by atoms with Gasteiger partial charge in [-0.1, -0.05) is 31.2 Å². The molecule has 1 N–H and O–H groups in total. The summed E-state index contributed by atoms with van der Waals surface area (Å²) in [5, 5.41) is 11.5. The smallest absolute Gasteiger partial charge is 0.251 e. The Labute approximate surface area is 182 Å². The number of anilines is 1. The summed E-state index contributed by atoms with van der Waals surface area (Å²) >= 11 is 0. The fraction of sp³-hybridized carbons (Fsp3) is 0.409. The van der Waals surface area contributed by atoms with E-state index >= 15 is 0 Å². The summed E-state index contributed by atoms with van der Waals surface area (Å²) in [6, 6.07) is 14.3. The van der Waals surface area contributed by atoms with Crippen LogP contribution in [0.2, 0.25) is 0 Å². The summed E-state index contributed by atoms with van der Waals surface area (Å²) in [6.07, 6.45) is 1.53. The molecular formula is C22H27N5O3S. The normalized spacial score (nSPS) is 17.1. The van der Waals surface area contributed by atoms with Gasteiger partial charge < -0.3 is 5.32 Å². The van der Waals surface area contributed by atoms with Crippen molar-refractivity contribution in [2.75, 3.05) is 16.6 Å². The number of nitrogens with one attached hydrogen (secondary N) is 1. The minimum Gasteiger partial charge on any atom is -0.347 e. The van der Waals surface area contributed by atoms with Crippen LogP contribution in [0.4, 0.5) is 5.69 Å². The van der Waals surface area contributed by atoms with Crippen molar-refractivity contribution in [3.63, 3.8) is 0 Å². The lowest BCUT2D eigenvalue weighted by Gasteiger charge is -2.28. The molecule has 8 nitrogen and oxygen atoms in total. The second kappa shape index (κ2) is 8.66. The molecule has 9 heteroatoms. The Morgan fingerprint density at radius 1 is 1.10 bits per heavy atom. The zero-order valence-corrected chi connectivity index (χ0v) is 18.5. The van der Waals surface area contributed by atoms with Crippen LogP contribution in [0.1, 0.15) is 37.0 Å². The highest BCUT2D eigenvalue weighted by molar-refractivity contribution is 7.92. The average molecular weight is 442 g/mol. The Morgan fingerprint density at radius 3 is 2.55 bits per heavy atom. The minimum atomic E-state index is -3.27. The molecule has 1 aliphatic rings. The number of aromatic nitrogens is 3. The summed E-state index contributed by atoms with van der Waals surface area (Å²) in [6.45, 7) is 5.09. The highest BCUT2D eigenvalue weighted by Gasteiger charge is 2.26. The zero-order chi connectivity index (χ0) is 22.0. The van der Waals surface area contributed by atoms with E-state index in [9.17, 15) is 13.2 Å². The number of hydrogen-bond donors (Lipinski definition) is 1. The highest BCUT2D eigenvalue weighted by atomic mass is 32.2. The van der Waals surface area contributed by atoms with Crippen LogP contribution in [0.3, 0.4) is 0 Å². The number of carbonyl (C=O) groups is 1. The van der Waals surface area contributed by atoms with Gasteiger partial charge in [0.1, 0.15) is 5.52 Å². The van der Waals surface area contributed by atoms with Crippen molar-refractivity contribution < 1.29 is 13.2 Å². The van der Waals surface area contributed by atoms with E-state index < -0.39 is 10.0 Å². The van der Waals surface area contributed by atoms with E-state index in [-0.39, 0.29) is 23.6 Å². The van der Waals surface area contributed by atoms with E-state index in [0.717, 1.165) is 17.5 Å². The van der Waals surface area contributed by atoms with Crippen LogP contribution in [0.25, 0.3) is 11.0 Å². The number of para-hydroxylation sites is 1. The quantitative estimate of drug-likeness (QED) is 0.634. The molecule has 164 valence electrons. The number of carbonyl (C=O) groups excluding carboxylic acids is 1. The molecule has 1 aromatic heterocycles. The molecule has 0 aliphatic carbocycles. The molecule has 0 radical (unpaired) electrons. The second-order valence-corrected chi connectivity index (χ2v) is 10.2. The largest absolute Gasteiger partial charge is 0.347 e. The van der Waals surface area contributed by atoms with E-state index in [1.54, 1.807) is 24.3 Å². The van der Waals surface area contributed by atoms with E-state index in [0.29, 0.717) is 30.8 Å². The van der Waals surface area contributed by atoms with Gasteiger partial charge in [0.05, 0.1) is 29.5 Å². The topological polar surface area (TPSA) is 97.2 Å². The van der Waals surface area contributed by atoms with Crippen LogP contribution < -0.4 is 9.62 Å². The minimum absolute atomic E-state index is 0.139. The molecule has 4 rings (SSSR count). The maximum atomic E-state index is 12.9. The lowest BCUT2D eigenvalue weighted by molar-refractivity contribution is 0.0919. The average Bonchev–Trinajstić information content (AvgIpc) is 3.16. The number of fused-ring (bicyclic) bond motifs is 1. The van der Waals surface area contributed by atoms with Crippen LogP contribution >= 0.6 is 0 Å². The summed E-state index contributed by atoms with van der Waals surface area (Å²) in [5.74, 6) is 0.156. The van der Waals surface area contributed by atoms with E-state index in [4.69, 9.17) is 0 Å². The van der Waals surface area contributed by atoms with Gasteiger partial charge in [0, 0.05) is 12.1 Å². The molecule has 1 fully saturated rings. The van der Waals surface area contributed by atoms with Gasteiger partial charge in [-0.25, -0.2) is 13.1 Å². The van der Waals surface area contributed by atoms with Gasteiger partial charge in [-0.15, -0.1) is 5.10 Å². The highest BCUT2D eigenvalue weighted by Crippen LogP contribution is 2.24. The van der Waals surface area contributed by atoms with Gasteiger partial charge in [0.25, 0.3) is 5.91 Å². The van der Waals surface area contributed by atoms with E-state index in [1.807, 2.05) is 42.8 Å². The first-order valence-electron chi connectivity index (χ1n) is 10.5. The Hall–Kier alpha value is -2.94. The second-order valence-electron chi connectivity index (χ2n) is 8.23. The number of nitrogens with zero attached hydrogens (tertiary/aromatic N) is 4. The predicted molar refractivity (Wildman–Crippen MR) is 120 cm³/mol. The van der Waals surface area contributed by atoms with Gasteiger partial charge in [-0.3, -0.25) is 9.10 Å². The number of rotatable bonds is 6. The third kappa shape index (κ3) is 4.56. The van der Waals surface area contributed by atoms with Crippen molar-refractivity contribution in [3.8, 4) is 0 Å². The lowest BCUT2D eigenvalue weighted by Crippen LogP contribution is -2.41. The number of benzene rings is 2. The van der Waals surface area contributed by atoms with Gasteiger partial charge in [-0.2, -0.15) is 0 Å². The molecule has 0 bridgehead atoms. The zero-order valence-electron chi connectivity index (χ0n) is 17.7. The SMILES string of the molecule is CC(C)[C@H](Cn1nnc2ccccc21)NC(=O)c1ccc(N2CCCCS2(=O)=O)cc1. The molecule has 1 atom stereocenters. The Bertz CT molecular complexity index is 1170. The van der Waals surface area contributed by atoms with Crippen LogP contribution in [0, 0.1) is 5.92 Å². The lowest BCUT2D eigenvalue weighted by atomic mass is 10.0. The standard InChI is InChI=1S/C22H27N5O3S/c1-16(2)20(15-26-21-8-4-3-7-19(21)24-25-26)23-22(28)17-9-11-18(12-10-17)27-13-5-6-14-31(27,29)30/h3-4,7-12,16,20H,5-6,13-15H2,1-2H3,(H,23,28)/t20-/m0/s1. The van der Waals surface area contributed by atoms with Crippen molar-refractivity contribution in [2.45, 2.75) is 39.3 Å². The van der Waals surface area contributed by atoms with Gasteiger partial charge in [-0.05, 0) is 55.2 Å². The van der Waals surface area contributed by atoms with E-state index in [1.165, 1.54) is 4.31 Å². The molecule has 2 aromatic carbocycles. The maximum absolute atomic E-state index is 12.9. The fourth-order valence-electron chi connectivity index (χ4n) is 3.77. The molecule has 1 saturated heterocycles. The van der Waals surface area contributed by atoms with Crippen LogP contribution in [0.5, 0.6) is 0 Å². The fourth-order valence-corrected chi connectivity index (χ4v) is 5.41. The summed E-state index contributed by atoms with van der Waals surface area (Å²) in [7, 11) is -3.27. The molecule has 0 spiro atoms. The summed E-state index contributed by atoms with van der Waals surface area (Å²) in [4.78, 5) is 12.9.